The number of pyridine rings is 1. The molecule has 0 radical (unpaired) electrons. The van der Waals surface area contributed by atoms with Crippen molar-refractivity contribution in [3.05, 3.63) is 66.2 Å². The second kappa shape index (κ2) is 8.30. The van der Waals surface area contributed by atoms with E-state index in [0.717, 1.165) is 27.2 Å². The molecule has 1 aromatic heterocycles. The number of amides is 1. The van der Waals surface area contributed by atoms with Gasteiger partial charge in [-0.3, -0.25) is 4.79 Å². The van der Waals surface area contributed by atoms with E-state index < -0.39 is 0 Å². The quantitative estimate of drug-likeness (QED) is 0.419. The highest BCUT2D eigenvalue weighted by Crippen LogP contribution is 2.19. The number of benzene rings is 2. The molecule has 0 aliphatic carbocycles. The lowest BCUT2D eigenvalue weighted by molar-refractivity contribution is -0.118. The average molecular weight is 351 g/mol. The normalized spacial score (nSPS) is 10.9. The van der Waals surface area contributed by atoms with E-state index >= 15 is 0 Å². The van der Waals surface area contributed by atoms with Crippen molar-refractivity contribution in [3.8, 4) is 5.75 Å². The highest BCUT2D eigenvalue weighted by Gasteiger charge is 2.03. The zero-order valence-electron chi connectivity index (χ0n) is 13.7. The molecule has 2 aromatic carbocycles. The van der Waals surface area contributed by atoms with Crippen LogP contribution in [0, 0.1) is 0 Å². The van der Waals surface area contributed by atoms with Crippen molar-refractivity contribution in [1.82, 2.24) is 10.4 Å². The lowest BCUT2D eigenvalue weighted by Crippen LogP contribution is -2.19. The van der Waals surface area contributed by atoms with Crippen molar-refractivity contribution < 1.29 is 9.53 Å². The zero-order valence-corrected chi connectivity index (χ0v) is 14.5. The number of para-hydroxylation sites is 1. The minimum atomic E-state index is -0.176. The van der Waals surface area contributed by atoms with Crippen LogP contribution >= 0.6 is 11.8 Å². The van der Waals surface area contributed by atoms with Gasteiger partial charge < -0.3 is 4.74 Å². The highest BCUT2D eigenvalue weighted by atomic mass is 32.2. The van der Waals surface area contributed by atoms with Crippen molar-refractivity contribution in [2.24, 2.45) is 5.10 Å². The molecule has 0 fully saturated rings. The SMILES string of the molecule is COc1ccc(/C=N/NC(=O)CSc2ccc3ccccc3n2)cc1. The number of aromatic nitrogens is 1. The van der Waals surface area contributed by atoms with Gasteiger partial charge in [0.1, 0.15) is 5.75 Å². The number of thioether (sulfide) groups is 1. The van der Waals surface area contributed by atoms with Crippen molar-refractivity contribution >= 4 is 34.8 Å². The average Bonchev–Trinajstić information content (AvgIpc) is 2.67. The number of methoxy groups -OCH3 is 1. The third-order valence-corrected chi connectivity index (χ3v) is 4.37. The van der Waals surface area contributed by atoms with Crippen LogP contribution in [0.3, 0.4) is 0 Å². The summed E-state index contributed by atoms with van der Waals surface area (Å²) in [5.74, 6) is 0.857. The Balaban J connectivity index is 1.50. The molecule has 0 atom stereocenters. The molecule has 3 aromatic rings. The topological polar surface area (TPSA) is 63.6 Å². The summed E-state index contributed by atoms with van der Waals surface area (Å²) in [4.78, 5) is 16.4. The van der Waals surface area contributed by atoms with Gasteiger partial charge in [0.05, 0.1) is 29.6 Å². The molecule has 0 saturated carbocycles. The summed E-state index contributed by atoms with van der Waals surface area (Å²) in [5, 5.41) is 5.86. The first-order valence-electron chi connectivity index (χ1n) is 7.69. The van der Waals surface area contributed by atoms with Crippen LogP contribution in [0.2, 0.25) is 0 Å². The number of nitrogens with one attached hydrogen (secondary N) is 1. The first kappa shape index (κ1) is 17.0. The standard InChI is InChI=1S/C19H17N3O2S/c1-24-16-9-6-14(7-10-16)12-20-22-18(23)13-25-19-11-8-15-4-2-3-5-17(15)21-19/h2-12H,13H2,1H3,(H,22,23)/b20-12+. The molecule has 6 heteroatoms. The van der Waals surface area contributed by atoms with Gasteiger partial charge in [0.2, 0.25) is 5.91 Å². The molecule has 0 saturated heterocycles. The van der Waals surface area contributed by atoms with Crippen molar-refractivity contribution in [3.63, 3.8) is 0 Å². The number of hydrogen-bond donors (Lipinski definition) is 1. The molecule has 25 heavy (non-hydrogen) atoms. The number of rotatable bonds is 6. The van der Waals surface area contributed by atoms with E-state index in [1.807, 2.05) is 60.7 Å². The van der Waals surface area contributed by atoms with E-state index in [9.17, 15) is 4.79 Å². The zero-order chi connectivity index (χ0) is 17.5. The van der Waals surface area contributed by atoms with Crippen LogP contribution in [-0.2, 0) is 4.79 Å². The summed E-state index contributed by atoms with van der Waals surface area (Å²) in [7, 11) is 1.62. The van der Waals surface area contributed by atoms with Gasteiger partial charge in [-0.15, -0.1) is 0 Å². The number of ether oxygens (including phenoxy) is 1. The summed E-state index contributed by atoms with van der Waals surface area (Å²) in [6, 6.07) is 19.2. The lowest BCUT2D eigenvalue weighted by Gasteiger charge is -2.02. The molecule has 0 unspecified atom stereocenters. The fraction of sp³-hybridized carbons (Fsp3) is 0.105. The Morgan fingerprint density at radius 2 is 1.96 bits per heavy atom. The van der Waals surface area contributed by atoms with E-state index in [1.54, 1.807) is 13.3 Å². The third kappa shape index (κ3) is 4.81. The Morgan fingerprint density at radius 3 is 2.76 bits per heavy atom. The van der Waals surface area contributed by atoms with Crippen molar-refractivity contribution in [1.29, 1.82) is 0 Å². The van der Waals surface area contributed by atoms with Crippen LogP contribution in [0.15, 0.2) is 70.8 Å². The minimum Gasteiger partial charge on any atom is -0.497 e. The largest absolute Gasteiger partial charge is 0.497 e. The first-order chi connectivity index (χ1) is 12.2. The summed E-state index contributed by atoms with van der Waals surface area (Å²) in [6.07, 6.45) is 1.59. The molecule has 1 heterocycles. The van der Waals surface area contributed by atoms with Crippen molar-refractivity contribution in [2.45, 2.75) is 5.03 Å². The Bertz CT molecular complexity index is 895. The molecule has 5 nitrogen and oxygen atoms in total. The maximum atomic E-state index is 11.9. The van der Waals surface area contributed by atoms with Gasteiger partial charge in [-0.25, -0.2) is 10.4 Å². The summed E-state index contributed by atoms with van der Waals surface area (Å²) in [5.41, 5.74) is 4.32. The molecule has 0 aliphatic rings. The molecule has 126 valence electrons. The van der Waals surface area contributed by atoms with E-state index in [1.165, 1.54) is 11.8 Å². The van der Waals surface area contributed by atoms with Crippen LogP contribution in [0.5, 0.6) is 5.75 Å². The molecule has 0 spiro atoms. The Labute approximate surface area is 150 Å². The lowest BCUT2D eigenvalue weighted by atomic mass is 10.2. The molecule has 3 rings (SSSR count). The summed E-state index contributed by atoms with van der Waals surface area (Å²) in [6.45, 7) is 0. The van der Waals surface area contributed by atoms with Crippen LogP contribution in [0.25, 0.3) is 10.9 Å². The molecule has 0 bridgehead atoms. The fourth-order valence-corrected chi connectivity index (χ4v) is 2.84. The number of carbonyl (C=O) groups excluding carboxylic acids is 1. The van der Waals surface area contributed by atoms with E-state index in [0.29, 0.717) is 0 Å². The van der Waals surface area contributed by atoms with Gasteiger partial charge in [-0.2, -0.15) is 5.10 Å². The summed E-state index contributed by atoms with van der Waals surface area (Å²) < 4.78 is 5.09. The smallest absolute Gasteiger partial charge is 0.250 e. The second-order valence-electron chi connectivity index (χ2n) is 5.20. The number of carbonyl (C=O) groups is 1. The van der Waals surface area contributed by atoms with Gasteiger partial charge in [0.25, 0.3) is 0 Å². The molecule has 1 N–H and O–H groups in total. The highest BCUT2D eigenvalue weighted by molar-refractivity contribution is 7.99. The van der Waals surface area contributed by atoms with Gasteiger partial charge in [0.15, 0.2) is 0 Å². The van der Waals surface area contributed by atoms with Crippen LogP contribution in [0.4, 0.5) is 0 Å². The molecule has 0 aliphatic heterocycles. The van der Waals surface area contributed by atoms with Gasteiger partial charge in [-0.1, -0.05) is 36.0 Å². The predicted molar refractivity (Wildman–Crippen MR) is 101 cm³/mol. The van der Waals surface area contributed by atoms with Crippen LogP contribution in [0.1, 0.15) is 5.56 Å². The molecular formula is C19H17N3O2S. The predicted octanol–water partition coefficient (Wildman–Crippen LogP) is 3.49. The van der Waals surface area contributed by atoms with E-state index in [-0.39, 0.29) is 11.7 Å². The minimum absolute atomic E-state index is 0.176. The number of nitrogens with zero attached hydrogens (tertiary/aromatic N) is 2. The Hall–Kier alpha value is -2.86. The number of hydrazone groups is 1. The van der Waals surface area contributed by atoms with Crippen LogP contribution in [-0.4, -0.2) is 30.0 Å². The van der Waals surface area contributed by atoms with E-state index in [4.69, 9.17) is 4.74 Å². The van der Waals surface area contributed by atoms with E-state index in [2.05, 4.69) is 15.5 Å². The maximum absolute atomic E-state index is 11.9. The molecule has 1 amide bonds. The fourth-order valence-electron chi connectivity index (χ4n) is 2.17. The first-order valence-corrected chi connectivity index (χ1v) is 8.68. The second-order valence-corrected chi connectivity index (χ2v) is 6.19. The van der Waals surface area contributed by atoms with Crippen LogP contribution < -0.4 is 10.2 Å². The Kier molecular flexibility index (Phi) is 5.64. The van der Waals surface area contributed by atoms with Gasteiger partial charge >= 0.3 is 0 Å². The Morgan fingerprint density at radius 1 is 1.16 bits per heavy atom. The van der Waals surface area contributed by atoms with Crippen molar-refractivity contribution in [2.75, 3.05) is 12.9 Å². The monoisotopic (exact) mass is 351 g/mol. The molecular weight excluding hydrogens is 334 g/mol. The number of fused-ring (bicyclic) bond motifs is 1. The van der Waals surface area contributed by atoms with Gasteiger partial charge in [0, 0.05) is 5.39 Å². The number of hydrogen-bond acceptors (Lipinski definition) is 5. The summed E-state index contributed by atoms with van der Waals surface area (Å²) >= 11 is 1.38. The third-order valence-electron chi connectivity index (χ3n) is 3.44. The maximum Gasteiger partial charge on any atom is 0.250 e. The van der Waals surface area contributed by atoms with Gasteiger partial charge in [-0.05, 0) is 42.0 Å².